The van der Waals surface area contributed by atoms with E-state index in [4.69, 9.17) is 4.74 Å². The molecule has 2 aromatic carbocycles. The standard InChI is InChI=1S/C18H22N2O3S/c21-24(22,17-9-5-2-6-10-17)19-15-18(16-7-3-1-4-8-16)20-11-13-23-14-12-20/h1-10,18-19H,11-15H2/p+1/t18-/m1/s1. The molecule has 1 aliphatic rings. The van der Waals surface area contributed by atoms with Gasteiger partial charge in [-0.1, -0.05) is 48.5 Å². The molecule has 0 unspecified atom stereocenters. The van der Waals surface area contributed by atoms with Gasteiger partial charge in [0, 0.05) is 5.56 Å². The van der Waals surface area contributed by atoms with Crippen LogP contribution >= 0.6 is 0 Å². The maximum atomic E-state index is 12.5. The van der Waals surface area contributed by atoms with Crippen molar-refractivity contribution in [2.75, 3.05) is 32.8 Å². The van der Waals surface area contributed by atoms with Gasteiger partial charge in [-0.15, -0.1) is 0 Å². The Hall–Kier alpha value is -1.73. The Morgan fingerprint density at radius 2 is 1.54 bits per heavy atom. The lowest BCUT2D eigenvalue weighted by molar-refractivity contribution is -0.937. The van der Waals surface area contributed by atoms with E-state index >= 15 is 0 Å². The van der Waals surface area contributed by atoms with Crippen molar-refractivity contribution >= 4 is 10.0 Å². The molecular weight excluding hydrogens is 324 g/mol. The van der Waals surface area contributed by atoms with Crippen molar-refractivity contribution in [3.63, 3.8) is 0 Å². The number of hydrogen-bond donors (Lipinski definition) is 2. The molecule has 0 bridgehead atoms. The molecule has 0 radical (unpaired) electrons. The van der Waals surface area contributed by atoms with E-state index in [-0.39, 0.29) is 6.04 Å². The van der Waals surface area contributed by atoms with Crippen molar-refractivity contribution < 1.29 is 18.1 Å². The average molecular weight is 347 g/mol. The number of rotatable bonds is 6. The summed E-state index contributed by atoms with van der Waals surface area (Å²) in [5, 5.41) is 0. The first kappa shape index (κ1) is 17.1. The molecule has 5 nitrogen and oxygen atoms in total. The minimum Gasteiger partial charge on any atom is -0.370 e. The molecule has 0 amide bonds. The summed E-state index contributed by atoms with van der Waals surface area (Å²) in [5.41, 5.74) is 1.14. The minimum atomic E-state index is -3.50. The zero-order valence-electron chi connectivity index (χ0n) is 13.5. The van der Waals surface area contributed by atoms with Gasteiger partial charge in [0.1, 0.15) is 19.1 Å². The molecule has 0 aliphatic carbocycles. The molecule has 0 aromatic heterocycles. The molecule has 1 aliphatic heterocycles. The lowest BCUT2D eigenvalue weighted by Crippen LogP contribution is -3.15. The summed E-state index contributed by atoms with van der Waals surface area (Å²) in [6.07, 6.45) is 0. The van der Waals surface area contributed by atoms with Crippen molar-refractivity contribution in [2.45, 2.75) is 10.9 Å². The molecule has 6 heteroatoms. The summed E-state index contributed by atoms with van der Waals surface area (Å²) in [6.45, 7) is 3.56. The summed E-state index contributed by atoms with van der Waals surface area (Å²) >= 11 is 0. The van der Waals surface area contributed by atoms with Gasteiger partial charge in [0.25, 0.3) is 0 Å². The lowest BCUT2D eigenvalue weighted by atomic mass is 10.1. The predicted molar refractivity (Wildman–Crippen MR) is 92.3 cm³/mol. The van der Waals surface area contributed by atoms with Gasteiger partial charge in [-0.05, 0) is 12.1 Å². The van der Waals surface area contributed by atoms with Crippen LogP contribution in [0, 0.1) is 0 Å². The van der Waals surface area contributed by atoms with E-state index < -0.39 is 10.0 Å². The highest BCUT2D eigenvalue weighted by molar-refractivity contribution is 7.89. The summed E-state index contributed by atoms with van der Waals surface area (Å²) in [4.78, 5) is 1.65. The predicted octanol–water partition coefficient (Wildman–Crippen LogP) is 0.621. The van der Waals surface area contributed by atoms with Crippen molar-refractivity contribution in [1.82, 2.24) is 4.72 Å². The van der Waals surface area contributed by atoms with Crippen LogP contribution in [0.5, 0.6) is 0 Å². The summed E-state index contributed by atoms with van der Waals surface area (Å²) in [7, 11) is -3.50. The fourth-order valence-corrected chi connectivity index (χ4v) is 4.11. The number of nitrogens with one attached hydrogen (secondary N) is 2. The van der Waals surface area contributed by atoms with E-state index in [1.54, 1.807) is 24.3 Å². The van der Waals surface area contributed by atoms with Crippen LogP contribution in [0.4, 0.5) is 0 Å². The number of benzene rings is 2. The third-order valence-corrected chi connectivity index (χ3v) is 5.80. The number of quaternary nitrogens is 1. The zero-order valence-corrected chi connectivity index (χ0v) is 14.3. The molecule has 0 saturated carbocycles. The SMILES string of the molecule is O=S(=O)(NC[C@H](c1ccccc1)[NH+]1CCOCC1)c1ccccc1. The maximum Gasteiger partial charge on any atom is 0.240 e. The Morgan fingerprint density at radius 1 is 0.958 bits per heavy atom. The van der Waals surface area contributed by atoms with Gasteiger partial charge in [0.05, 0.1) is 24.7 Å². The Morgan fingerprint density at radius 3 is 2.17 bits per heavy atom. The average Bonchev–Trinajstić information content (AvgIpc) is 2.64. The monoisotopic (exact) mass is 347 g/mol. The highest BCUT2D eigenvalue weighted by Crippen LogP contribution is 2.12. The van der Waals surface area contributed by atoms with Gasteiger partial charge in [0.2, 0.25) is 10.0 Å². The Kier molecular flexibility index (Phi) is 5.63. The second kappa shape index (κ2) is 7.90. The second-order valence-corrected chi connectivity index (χ2v) is 7.67. The number of morpholine rings is 1. The molecule has 3 rings (SSSR count). The highest BCUT2D eigenvalue weighted by Gasteiger charge is 2.28. The Balaban J connectivity index is 1.77. The number of hydrogen-bond acceptors (Lipinski definition) is 3. The van der Waals surface area contributed by atoms with E-state index in [2.05, 4.69) is 16.9 Å². The van der Waals surface area contributed by atoms with Crippen LogP contribution in [0.1, 0.15) is 11.6 Å². The molecule has 1 heterocycles. The van der Waals surface area contributed by atoms with Crippen molar-refractivity contribution in [3.05, 3.63) is 66.2 Å². The van der Waals surface area contributed by atoms with E-state index in [9.17, 15) is 8.42 Å². The Bertz CT molecular complexity index is 729. The molecule has 0 spiro atoms. The topological polar surface area (TPSA) is 59.8 Å². The van der Waals surface area contributed by atoms with Crippen LogP contribution in [0.25, 0.3) is 0 Å². The molecule has 1 fully saturated rings. The molecule has 1 saturated heterocycles. The van der Waals surface area contributed by atoms with Crippen LogP contribution < -0.4 is 9.62 Å². The second-order valence-electron chi connectivity index (χ2n) is 5.90. The normalized spacial score (nSPS) is 17.5. The van der Waals surface area contributed by atoms with Gasteiger partial charge in [-0.3, -0.25) is 0 Å². The highest BCUT2D eigenvalue weighted by atomic mass is 32.2. The molecule has 1 atom stereocenters. The molecular formula is C18H23N2O3S+. The van der Waals surface area contributed by atoms with Gasteiger partial charge in [-0.2, -0.15) is 0 Å². The van der Waals surface area contributed by atoms with Crippen molar-refractivity contribution in [1.29, 1.82) is 0 Å². The van der Waals surface area contributed by atoms with Crippen LogP contribution in [0.3, 0.4) is 0 Å². The number of ether oxygens (including phenoxy) is 1. The third-order valence-electron chi connectivity index (χ3n) is 4.36. The first-order chi connectivity index (χ1) is 11.7. The molecule has 2 N–H and O–H groups in total. The van der Waals surface area contributed by atoms with Gasteiger partial charge < -0.3 is 9.64 Å². The minimum absolute atomic E-state index is 0.0774. The molecule has 2 aromatic rings. The fourth-order valence-electron chi connectivity index (χ4n) is 3.04. The zero-order chi connectivity index (χ0) is 16.8. The van der Waals surface area contributed by atoms with Gasteiger partial charge in [-0.25, -0.2) is 13.1 Å². The van der Waals surface area contributed by atoms with Crippen molar-refractivity contribution in [3.8, 4) is 0 Å². The van der Waals surface area contributed by atoms with E-state index in [1.165, 1.54) is 4.90 Å². The van der Waals surface area contributed by atoms with Crippen molar-refractivity contribution in [2.24, 2.45) is 0 Å². The van der Waals surface area contributed by atoms with Gasteiger partial charge >= 0.3 is 0 Å². The summed E-state index contributed by atoms with van der Waals surface area (Å²) in [6, 6.07) is 18.7. The first-order valence-electron chi connectivity index (χ1n) is 8.19. The molecule has 24 heavy (non-hydrogen) atoms. The first-order valence-corrected chi connectivity index (χ1v) is 9.67. The van der Waals surface area contributed by atoms with Crippen LogP contribution in [0.2, 0.25) is 0 Å². The largest absolute Gasteiger partial charge is 0.370 e. The fraction of sp³-hybridized carbons (Fsp3) is 0.333. The quantitative estimate of drug-likeness (QED) is 0.805. The van der Waals surface area contributed by atoms with E-state index in [0.717, 1.165) is 18.7 Å². The summed E-state index contributed by atoms with van der Waals surface area (Å²) in [5.74, 6) is 0. The van der Waals surface area contributed by atoms with E-state index in [0.29, 0.717) is 24.7 Å². The van der Waals surface area contributed by atoms with E-state index in [1.807, 2.05) is 24.3 Å². The maximum absolute atomic E-state index is 12.5. The Labute approximate surface area is 143 Å². The lowest BCUT2D eigenvalue weighted by Gasteiger charge is -2.31. The third kappa shape index (κ3) is 4.21. The van der Waals surface area contributed by atoms with Gasteiger partial charge in [0.15, 0.2) is 0 Å². The molecule has 128 valence electrons. The van der Waals surface area contributed by atoms with Crippen LogP contribution in [0.15, 0.2) is 65.6 Å². The summed E-state index contributed by atoms with van der Waals surface area (Å²) < 4.78 is 33.2. The van der Waals surface area contributed by atoms with Crippen LogP contribution in [-0.2, 0) is 14.8 Å². The smallest absolute Gasteiger partial charge is 0.240 e. The van der Waals surface area contributed by atoms with Crippen LogP contribution in [-0.4, -0.2) is 41.3 Å². The number of sulfonamides is 1.